The van der Waals surface area contributed by atoms with E-state index in [2.05, 4.69) is 4.98 Å². The lowest BCUT2D eigenvalue weighted by atomic mass is 10.1. The van der Waals surface area contributed by atoms with Crippen LogP contribution in [-0.2, 0) is 11.2 Å². The smallest absolute Gasteiger partial charge is 0.299 e. The zero-order chi connectivity index (χ0) is 14.1. The first-order valence-electron chi connectivity index (χ1n) is 6.53. The van der Waals surface area contributed by atoms with Gasteiger partial charge in [0.25, 0.3) is 11.7 Å². The highest BCUT2D eigenvalue weighted by Gasteiger charge is 2.36. The molecule has 0 N–H and O–H groups in total. The Bertz CT molecular complexity index is 680. The van der Waals surface area contributed by atoms with Gasteiger partial charge in [-0.25, -0.2) is 0 Å². The number of aromatic nitrogens is 1. The molecule has 0 saturated heterocycles. The molecular formula is C16H14N2O2. The highest BCUT2D eigenvalue weighted by Crippen LogP contribution is 2.32. The third-order valence-corrected chi connectivity index (χ3v) is 3.54. The van der Waals surface area contributed by atoms with E-state index in [1.54, 1.807) is 23.4 Å². The molecule has 20 heavy (non-hydrogen) atoms. The van der Waals surface area contributed by atoms with Crippen LogP contribution in [-0.4, -0.2) is 23.2 Å². The Morgan fingerprint density at radius 3 is 2.75 bits per heavy atom. The van der Waals surface area contributed by atoms with E-state index >= 15 is 0 Å². The maximum Gasteiger partial charge on any atom is 0.299 e. The average Bonchev–Trinajstić information content (AvgIpc) is 2.72. The monoisotopic (exact) mass is 266 g/mol. The van der Waals surface area contributed by atoms with Crippen LogP contribution in [0.1, 0.15) is 21.5 Å². The van der Waals surface area contributed by atoms with Gasteiger partial charge in [0.15, 0.2) is 0 Å². The number of benzene rings is 1. The Labute approximate surface area is 117 Å². The summed E-state index contributed by atoms with van der Waals surface area (Å²) < 4.78 is 0. The van der Waals surface area contributed by atoms with E-state index < -0.39 is 11.7 Å². The lowest BCUT2D eigenvalue weighted by Gasteiger charge is -2.18. The van der Waals surface area contributed by atoms with Crippen LogP contribution in [0.5, 0.6) is 0 Å². The van der Waals surface area contributed by atoms with Crippen LogP contribution in [0.25, 0.3) is 0 Å². The molecule has 1 aromatic heterocycles. The van der Waals surface area contributed by atoms with Gasteiger partial charge in [-0.2, -0.15) is 0 Å². The SMILES string of the molecule is Cc1cccc2c1N(CCc1cccnc1)C(=O)C2=O. The van der Waals surface area contributed by atoms with E-state index in [4.69, 9.17) is 0 Å². The van der Waals surface area contributed by atoms with Crippen LogP contribution in [0, 0.1) is 6.92 Å². The molecule has 1 amide bonds. The lowest BCUT2D eigenvalue weighted by molar-refractivity contribution is -0.114. The Kier molecular flexibility index (Phi) is 3.06. The lowest BCUT2D eigenvalue weighted by Crippen LogP contribution is -2.32. The van der Waals surface area contributed by atoms with E-state index in [0.29, 0.717) is 18.5 Å². The van der Waals surface area contributed by atoms with Gasteiger partial charge in [0.1, 0.15) is 0 Å². The number of aryl methyl sites for hydroxylation is 1. The molecule has 2 aromatic rings. The van der Waals surface area contributed by atoms with Crippen molar-refractivity contribution in [2.24, 2.45) is 0 Å². The zero-order valence-corrected chi connectivity index (χ0v) is 11.2. The molecule has 1 aliphatic heterocycles. The third kappa shape index (κ3) is 1.99. The quantitative estimate of drug-likeness (QED) is 0.800. The van der Waals surface area contributed by atoms with E-state index in [1.807, 2.05) is 31.2 Å². The first-order chi connectivity index (χ1) is 9.68. The molecule has 0 bridgehead atoms. The van der Waals surface area contributed by atoms with Crippen molar-refractivity contribution in [3.63, 3.8) is 0 Å². The minimum Gasteiger partial charge on any atom is -0.304 e. The van der Waals surface area contributed by atoms with Gasteiger partial charge in [-0.1, -0.05) is 18.2 Å². The van der Waals surface area contributed by atoms with Gasteiger partial charge in [-0.3, -0.25) is 14.6 Å². The van der Waals surface area contributed by atoms with Gasteiger partial charge in [0.2, 0.25) is 0 Å². The van der Waals surface area contributed by atoms with Crippen molar-refractivity contribution in [1.29, 1.82) is 0 Å². The molecule has 100 valence electrons. The predicted molar refractivity (Wildman–Crippen MR) is 75.8 cm³/mol. The number of rotatable bonds is 3. The molecule has 0 fully saturated rings. The Hall–Kier alpha value is -2.49. The van der Waals surface area contributed by atoms with Crippen molar-refractivity contribution in [1.82, 2.24) is 4.98 Å². The van der Waals surface area contributed by atoms with Crippen molar-refractivity contribution >= 4 is 17.4 Å². The van der Waals surface area contributed by atoms with Gasteiger partial charge in [-0.05, 0) is 36.6 Å². The molecule has 0 unspecified atom stereocenters. The fourth-order valence-electron chi connectivity index (χ4n) is 2.54. The number of hydrogen-bond acceptors (Lipinski definition) is 3. The number of anilines is 1. The fraction of sp³-hybridized carbons (Fsp3) is 0.188. The standard InChI is InChI=1S/C16H14N2O2/c1-11-4-2-6-13-14(11)18(16(20)15(13)19)9-7-12-5-3-8-17-10-12/h2-6,8,10H,7,9H2,1H3. The molecule has 0 saturated carbocycles. The third-order valence-electron chi connectivity index (χ3n) is 3.54. The summed E-state index contributed by atoms with van der Waals surface area (Å²) >= 11 is 0. The number of hydrogen-bond donors (Lipinski definition) is 0. The van der Waals surface area contributed by atoms with Crippen LogP contribution in [0.3, 0.4) is 0 Å². The zero-order valence-electron chi connectivity index (χ0n) is 11.2. The Balaban J connectivity index is 1.88. The van der Waals surface area contributed by atoms with Gasteiger partial charge in [0, 0.05) is 18.9 Å². The number of para-hydroxylation sites is 1. The van der Waals surface area contributed by atoms with Crippen molar-refractivity contribution in [2.45, 2.75) is 13.3 Å². The van der Waals surface area contributed by atoms with Gasteiger partial charge < -0.3 is 4.90 Å². The highest BCUT2D eigenvalue weighted by molar-refractivity contribution is 6.52. The first kappa shape index (κ1) is 12.5. The minimum absolute atomic E-state index is 0.408. The summed E-state index contributed by atoms with van der Waals surface area (Å²) in [6, 6.07) is 9.28. The van der Waals surface area contributed by atoms with Crippen LogP contribution in [0.2, 0.25) is 0 Å². The average molecular weight is 266 g/mol. The van der Waals surface area contributed by atoms with E-state index in [9.17, 15) is 9.59 Å². The molecule has 2 heterocycles. The van der Waals surface area contributed by atoms with E-state index in [0.717, 1.165) is 16.8 Å². The number of carbonyl (C=O) groups is 2. The molecule has 4 heteroatoms. The van der Waals surface area contributed by atoms with E-state index in [1.165, 1.54) is 0 Å². The number of Topliss-reactive ketones (excluding diaryl/α,β-unsaturated/α-hetero) is 1. The maximum absolute atomic E-state index is 12.1. The summed E-state index contributed by atoms with van der Waals surface area (Å²) in [6.45, 7) is 2.41. The number of ketones is 1. The summed E-state index contributed by atoms with van der Waals surface area (Å²) in [6.07, 6.45) is 4.18. The summed E-state index contributed by atoms with van der Waals surface area (Å²) in [5, 5.41) is 0. The van der Waals surface area contributed by atoms with Crippen LogP contribution < -0.4 is 4.90 Å². The molecular weight excluding hydrogens is 252 g/mol. The number of amides is 1. The second-order valence-corrected chi connectivity index (χ2v) is 4.87. The number of fused-ring (bicyclic) bond motifs is 1. The van der Waals surface area contributed by atoms with Crippen LogP contribution in [0.4, 0.5) is 5.69 Å². The Morgan fingerprint density at radius 2 is 2.00 bits per heavy atom. The second-order valence-electron chi connectivity index (χ2n) is 4.87. The van der Waals surface area contributed by atoms with Gasteiger partial charge >= 0.3 is 0 Å². The number of carbonyl (C=O) groups excluding carboxylic acids is 2. The normalized spacial score (nSPS) is 13.8. The summed E-state index contributed by atoms with van der Waals surface area (Å²) in [5.41, 5.74) is 3.27. The first-order valence-corrected chi connectivity index (χ1v) is 6.53. The van der Waals surface area contributed by atoms with Gasteiger partial charge in [0.05, 0.1) is 11.3 Å². The van der Waals surface area contributed by atoms with Crippen molar-refractivity contribution in [2.75, 3.05) is 11.4 Å². The van der Waals surface area contributed by atoms with Gasteiger partial charge in [-0.15, -0.1) is 0 Å². The number of pyridine rings is 1. The van der Waals surface area contributed by atoms with Crippen molar-refractivity contribution in [3.05, 3.63) is 59.4 Å². The van der Waals surface area contributed by atoms with Crippen molar-refractivity contribution < 1.29 is 9.59 Å². The van der Waals surface area contributed by atoms with E-state index in [-0.39, 0.29) is 0 Å². The maximum atomic E-state index is 12.1. The van der Waals surface area contributed by atoms with Crippen LogP contribution in [0.15, 0.2) is 42.7 Å². The van der Waals surface area contributed by atoms with Crippen LogP contribution >= 0.6 is 0 Å². The molecule has 3 rings (SSSR count). The molecule has 1 aliphatic rings. The molecule has 4 nitrogen and oxygen atoms in total. The predicted octanol–water partition coefficient (Wildman–Crippen LogP) is 2.16. The minimum atomic E-state index is -0.432. The summed E-state index contributed by atoms with van der Waals surface area (Å²) in [5.74, 6) is -0.840. The Morgan fingerprint density at radius 1 is 1.15 bits per heavy atom. The fourth-order valence-corrected chi connectivity index (χ4v) is 2.54. The largest absolute Gasteiger partial charge is 0.304 e. The highest BCUT2D eigenvalue weighted by atomic mass is 16.2. The second kappa shape index (κ2) is 4.89. The molecule has 0 spiro atoms. The summed E-state index contributed by atoms with van der Waals surface area (Å²) in [7, 11) is 0. The number of nitrogens with zero attached hydrogens (tertiary/aromatic N) is 2. The molecule has 0 aliphatic carbocycles. The van der Waals surface area contributed by atoms with Crippen molar-refractivity contribution in [3.8, 4) is 0 Å². The summed E-state index contributed by atoms with van der Waals surface area (Å²) in [4.78, 5) is 29.7. The molecule has 0 radical (unpaired) electrons. The topological polar surface area (TPSA) is 50.3 Å². The molecule has 0 atom stereocenters. The molecule has 1 aromatic carbocycles.